The topological polar surface area (TPSA) is 62.5 Å². The fourth-order valence-corrected chi connectivity index (χ4v) is 3.26. The summed E-state index contributed by atoms with van der Waals surface area (Å²) in [5.74, 6) is 1.39. The number of benzene rings is 2. The third-order valence-electron chi connectivity index (χ3n) is 5.05. The summed E-state index contributed by atoms with van der Waals surface area (Å²) in [5.41, 5.74) is 9.43. The summed E-state index contributed by atoms with van der Waals surface area (Å²) in [5, 5.41) is 6.68. The van der Waals surface area contributed by atoms with Gasteiger partial charge >= 0.3 is 0 Å². The largest absolute Gasteiger partial charge is 0.458 e. The molecule has 0 unspecified atom stereocenters. The van der Waals surface area contributed by atoms with E-state index in [2.05, 4.69) is 46.4 Å². The molecule has 0 amide bonds. The van der Waals surface area contributed by atoms with Gasteiger partial charge in [0.25, 0.3) is 0 Å². The number of nitrogens with two attached hydrogens (primary N) is 1. The summed E-state index contributed by atoms with van der Waals surface area (Å²) in [6, 6.07) is 18.6. The molecule has 4 N–H and O–H groups in total. The van der Waals surface area contributed by atoms with Gasteiger partial charge in [0.05, 0.1) is 0 Å². The molecule has 5 nitrogen and oxygen atoms in total. The first-order valence-corrected chi connectivity index (χ1v) is 11.3. The molecule has 5 heteroatoms. The van der Waals surface area contributed by atoms with Crippen LogP contribution in [0.1, 0.15) is 18.1 Å². The Balaban J connectivity index is 1.77. The van der Waals surface area contributed by atoms with Gasteiger partial charge in [0.2, 0.25) is 0 Å². The minimum Gasteiger partial charge on any atom is -0.458 e. The number of allylic oxidation sites excluding steroid dienone is 3. The molecule has 0 atom stereocenters. The number of para-hydroxylation sites is 1. The second-order valence-corrected chi connectivity index (χ2v) is 7.62. The number of likely N-dealkylation sites (N-methyl/N-ethyl adjacent to an activating group) is 1. The van der Waals surface area contributed by atoms with Gasteiger partial charge in [0.15, 0.2) is 0 Å². The molecule has 32 heavy (non-hydrogen) atoms. The monoisotopic (exact) mass is 434 g/mol. The Bertz CT molecular complexity index is 844. The van der Waals surface area contributed by atoms with Crippen LogP contribution in [0.15, 0.2) is 90.9 Å². The molecule has 0 heterocycles. The van der Waals surface area contributed by atoms with E-state index in [0.717, 1.165) is 50.6 Å². The van der Waals surface area contributed by atoms with E-state index in [1.54, 1.807) is 0 Å². The number of rotatable bonds is 15. The number of hydrogen-bond donors (Lipinski definition) is 3. The van der Waals surface area contributed by atoms with Crippen LogP contribution in [-0.2, 0) is 13.0 Å². The van der Waals surface area contributed by atoms with E-state index in [4.69, 9.17) is 10.5 Å². The summed E-state index contributed by atoms with van der Waals surface area (Å²) in [4.78, 5) is 2.38. The molecule has 0 aliphatic rings. The van der Waals surface area contributed by atoms with Crippen LogP contribution in [-0.4, -0.2) is 44.7 Å². The standard InChI is InChI=1S/C27H38N4O/c1-4-26(15-10-23(2)32-27-8-6-5-7-9-27)30-18-16-24-11-13-25(14-12-24)22-31(20-17-28)21-19-29-3/h4-15,29-30H,2,16-22,28H2,1,3H3/b15-10-,26-4+. The number of nitrogens with zero attached hydrogens (tertiary/aromatic N) is 1. The number of ether oxygens (including phenoxy) is 1. The molecule has 2 aromatic carbocycles. The Kier molecular flexibility index (Phi) is 11.9. The van der Waals surface area contributed by atoms with Crippen LogP contribution in [0, 0.1) is 0 Å². The van der Waals surface area contributed by atoms with Crippen molar-refractivity contribution >= 4 is 0 Å². The second-order valence-electron chi connectivity index (χ2n) is 7.62. The Morgan fingerprint density at radius 1 is 1.00 bits per heavy atom. The second kappa shape index (κ2) is 15.0. The van der Waals surface area contributed by atoms with Crippen molar-refractivity contribution in [1.29, 1.82) is 0 Å². The Hall–Kier alpha value is -2.86. The van der Waals surface area contributed by atoms with E-state index in [-0.39, 0.29) is 0 Å². The van der Waals surface area contributed by atoms with Crippen molar-refractivity contribution in [3.8, 4) is 5.75 Å². The Morgan fingerprint density at radius 2 is 1.72 bits per heavy atom. The average molecular weight is 435 g/mol. The third kappa shape index (κ3) is 9.96. The molecule has 172 valence electrons. The Labute approximate surface area is 193 Å². The van der Waals surface area contributed by atoms with E-state index in [1.165, 1.54) is 11.1 Å². The molecule has 0 radical (unpaired) electrons. The van der Waals surface area contributed by atoms with Crippen molar-refractivity contribution in [3.63, 3.8) is 0 Å². The van der Waals surface area contributed by atoms with Crippen LogP contribution >= 0.6 is 0 Å². The molecule has 0 aliphatic carbocycles. The predicted octanol–water partition coefficient (Wildman–Crippen LogP) is 3.85. The lowest BCUT2D eigenvalue weighted by molar-refractivity contribution is 0.275. The fourth-order valence-electron chi connectivity index (χ4n) is 3.26. The highest BCUT2D eigenvalue weighted by molar-refractivity contribution is 5.28. The minimum absolute atomic E-state index is 0.603. The van der Waals surface area contributed by atoms with E-state index < -0.39 is 0 Å². The molecule has 0 fully saturated rings. The van der Waals surface area contributed by atoms with Crippen LogP contribution in [0.4, 0.5) is 0 Å². The van der Waals surface area contributed by atoms with Gasteiger partial charge in [0, 0.05) is 45.0 Å². The van der Waals surface area contributed by atoms with Gasteiger partial charge < -0.3 is 21.1 Å². The lowest BCUT2D eigenvalue weighted by atomic mass is 10.1. The van der Waals surface area contributed by atoms with Gasteiger partial charge in [-0.25, -0.2) is 0 Å². The summed E-state index contributed by atoms with van der Waals surface area (Å²) in [6.45, 7) is 11.3. The highest BCUT2D eigenvalue weighted by atomic mass is 16.5. The van der Waals surface area contributed by atoms with Crippen LogP contribution in [0.3, 0.4) is 0 Å². The zero-order valence-electron chi connectivity index (χ0n) is 19.5. The first kappa shape index (κ1) is 25.4. The van der Waals surface area contributed by atoms with Gasteiger partial charge in [-0.15, -0.1) is 0 Å². The van der Waals surface area contributed by atoms with Crippen molar-refractivity contribution in [2.45, 2.75) is 19.9 Å². The zero-order valence-corrected chi connectivity index (χ0v) is 19.5. The first-order chi connectivity index (χ1) is 15.6. The molecule has 0 saturated carbocycles. The highest BCUT2D eigenvalue weighted by Crippen LogP contribution is 2.13. The van der Waals surface area contributed by atoms with Crippen LogP contribution in [0.25, 0.3) is 0 Å². The molecular weight excluding hydrogens is 396 g/mol. The predicted molar refractivity (Wildman–Crippen MR) is 136 cm³/mol. The lowest BCUT2D eigenvalue weighted by Crippen LogP contribution is -2.34. The van der Waals surface area contributed by atoms with E-state index in [9.17, 15) is 0 Å². The van der Waals surface area contributed by atoms with E-state index in [1.807, 2.05) is 62.5 Å². The summed E-state index contributed by atoms with van der Waals surface area (Å²) >= 11 is 0. The SMILES string of the molecule is C=C(/C=C\C(=C/C)NCCc1ccc(CN(CCN)CCNC)cc1)Oc1ccccc1. The quantitative estimate of drug-likeness (QED) is 0.294. The van der Waals surface area contributed by atoms with Crippen LogP contribution in [0.5, 0.6) is 5.75 Å². The number of hydrogen-bond acceptors (Lipinski definition) is 5. The molecule has 0 bridgehead atoms. The maximum absolute atomic E-state index is 5.75. The summed E-state index contributed by atoms with van der Waals surface area (Å²) in [7, 11) is 1.98. The van der Waals surface area contributed by atoms with Crippen molar-refractivity contribution in [2.75, 3.05) is 39.8 Å². The van der Waals surface area contributed by atoms with Gasteiger partial charge in [-0.1, -0.05) is 55.1 Å². The molecule has 2 aromatic rings. The Morgan fingerprint density at radius 3 is 2.38 bits per heavy atom. The van der Waals surface area contributed by atoms with E-state index in [0.29, 0.717) is 12.3 Å². The van der Waals surface area contributed by atoms with Crippen molar-refractivity contribution in [2.24, 2.45) is 5.73 Å². The fraction of sp³-hybridized carbons (Fsp3) is 0.333. The number of nitrogens with one attached hydrogen (secondary N) is 2. The lowest BCUT2D eigenvalue weighted by Gasteiger charge is -2.21. The normalized spacial score (nSPS) is 11.8. The molecule has 2 rings (SSSR count). The van der Waals surface area contributed by atoms with Gasteiger partial charge in [0.1, 0.15) is 11.5 Å². The van der Waals surface area contributed by atoms with Crippen molar-refractivity contribution in [3.05, 3.63) is 102 Å². The molecule has 0 saturated heterocycles. The van der Waals surface area contributed by atoms with Gasteiger partial charge in [-0.05, 0) is 55.8 Å². The van der Waals surface area contributed by atoms with E-state index >= 15 is 0 Å². The molecule has 0 spiro atoms. The van der Waals surface area contributed by atoms with Crippen molar-refractivity contribution < 1.29 is 4.74 Å². The summed E-state index contributed by atoms with van der Waals surface area (Å²) < 4.78 is 5.71. The maximum Gasteiger partial charge on any atom is 0.127 e. The van der Waals surface area contributed by atoms with Crippen molar-refractivity contribution in [1.82, 2.24) is 15.5 Å². The molecular formula is C27H38N4O. The van der Waals surface area contributed by atoms with Crippen LogP contribution < -0.4 is 21.1 Å². The highest BCUT2D eigenvalue weighted by Gasteiger charge is 2.05. The molecule has 0 aromatic heterocycles. The maximum atomic E-state index is 5.75. The third-order valence-corrected chi connectivity index (χ3v) is 5.05. The van der Waals surface area contributed by atoms with Crippen LogP contribution in [0.2, 0.25) is 0 Å². The average Bonchev–Trinajstić information content (AvgIpc) is 2.81. The zero-order chi connectivity index (χ0) is 23.0. The minimum atomic E-state index is 0.603. The first-order valence-electron chi connectivity index (χ1n) is 11.3. The summed E-state index contributed by atoms with van der Waals surface area (Å²) in [6.07, 6.45) is 6.88. The van der Waals surface area contributed by atoms with Gasteiger partial charge in [-0.3, -0.25) is 4.90 Å². The van der Waals surface area contributed by atoms with Gasteiger partial charge in [-0.2, -0.15) is 0 Å². The molecule has 0 aliphatic heterocycles. The smallest absolute Gasteiger partial charge is 0.127 e.